The Morgan fingerprint density at radius 1 is 1.33 bits per heavy atom. The monoisotopic (exact) mass is 213 g/mol. The van der Waals surface area contributed by atoms with E-state index in [0.717, 1.165) is 19.3 Å². The molecule has 0 aromatic rings. The number of rotatable bonds is 7. The lowest BCUT2D eigenvalue weighted by Crippen LogP contribution is -2.29. The van der Waals surface area contributed by atoms with Crippen molar-refractivity contribution in [2.75, 3.05) is 13.2 Å². The Bertz CT molecular complexity index is 236. The summed E-state index contributed by atoms with van der Waals surface area (Å²) in [7, 11) is 0. The Kier molecular flexibility index (Phi) is 7.32. The summed E-state index contributed by atoms with van der Waals surface area (Å²) < 4.78 is 4.67. The summed E-state index contributed by atoms with van der Waals surface area (Å²) in [6.07, 6.45) is 3.16. The number of carbonyl (C=O) groups is 2. The highest BCUT2D eigenvalue weighted by Crippen LogP contribution is 1.93. The van der Waals surface area contributed by atoms with Crippen LogP contribution in [0.15, 0.2) is 12.2 Å². The standard InChI is InChI=1S/C11H19NO3/c1-4-5-6-7-12-10(13)8-15-11(14)9(2)3/h2,4-8H2,1,3H3,(H,12,13). The molecule has 0 aromatic heterocycles. The van der Waals surface area contributed by atoms with Crippen molar-refractivity contribution >= 4 is 11.9 Å². The molecular formula is C11H19NO3. The van der Waals surface area contributed by atoms with Gasteiger partial charge in [0.2, 0.25) is 0 Å². The number of hydrogen-bond donors (Lipinski definition) is 1. The molecule has 0 fully saturated rings. The van der Waals surface area contributed by atoms with Crippen molar-refractivity contribution in [2.24, 2.45) is 0 Å². The van der Waals surface area contributed by atoms with Gasteiger partial charge in [-0.3, -0.25) is 4.79 Å². The highest BCUT2D eigenvalue weighted by Gasteiger charge is 2.06. The number of nitrogens with one attached hydrogen (secondary N) is 1. The first kappa shape index (κ1) is 13.7. The zero-order valence-corrected chi connectivity index (χ0v) is 9.47. The summed E-state index contributed by atoms with van der Waals surface area (Å²) >= 11 is 0. The van der Waals surface area contributed by atoms with Crippen LogP contribution < -0.4 is 5.32 Å². The van der Waals surface area contributed by atoms with E-state index in [0.29, 0.717) is 12.1 Å². The van der Waals surface area contributed by atoms with E-state index >= 15 is 0 Å². The maximum atomic E-state index is 11.1. The molecule has 0 aromatic carbocycles. The Hall–Kier alpha value is -1.32. The molecule has 0 spiro atoms. The minimum Gasteiger partial charge on any atom is -0.452 e. The van der Waals surface area contributed by atoms with Crippen molar-refractivity contribution < 1.29 is 14.3 Å². The number of ether oxygens (including phenoxy) is 1. The SMILES string of the molecule is C=C(C)C(=O)OCC(=O)NCCCCC. The second kappa shape index (κ2) is 8.03. The summed E-state index contributed by atoms with van der Waals surface area (Å²) in [6.45, 7) is 7.46. The third kappa shape index (κ3) is 7.73. The summed E-state index contributed by atoms with van der Waals surface area (Å²) in [5.74, 6) is -0.792. The van der Waals surface area contributed by atoms with Gasteiger partial charge in [0.1, 0.15) is 0 Å². The molecule has 0 radical (unpaired) electrons. The third-order valence-corrected chi connectivity index (χ3v) is 1.79. The van der Waals surface area contributed by atoms with Gasteiger partial charge >= 0.3 is 5.97 Å². The van der Waals surface area contributed by atoms with Crippen molar-refractivity contribution in [3.8, 4) is 0 Å². The molecule has 0 aliphatic heterocycles. The van der Waals surface area contributed by atoms with E-state index in [4.69, 9.17) is 0 Å². The van der Waals surface area contributed by atoms with E-state index in [-0.39, 0.29) is 12.5 Å². The molecule has 1 N–H and O–H groups in total. The van der Waals surface area contributed by atoms with E-state index in [1.54, 1.807) is 6.92 Å². The Balaban J connectivity index is 3.49. The van der Waals surface area contributed by atoms with E-state index in [1.165, 1.54) is 0 Å². The number of carbonyl (C=O) groups excluding carboxylic acids is 2. The quantitative estimate of drug-likeness (QED) is 0.395. The van der Waals surface area contributed by atoms with Crippen molar-refractivity contribution in [2.45, 2.75) is 33.1 Å². The topological polar surface area (TPSA) is 55.4 Å². The molecule has 0 unspecified atom stereocenters. The smallest absolute Gasteiger partial charge is 0.333 e. The highest BCUT2D eigenvalue weighted by molar-refractivity contribution is 5.89. The fourth-order valence-corrected chi connectivity index (χ4v) is 0.908. The fourth-order valence-electron chi connectivity index (χ4n) is 0.908. The lowest BCUT2D eigenvalue weighted by atomic mass is 10.2. The zero-order chi connectivity index (χ0) is 11.7. The van der Waals surface area contributed by atoms with Gasteiger partial charge in [0.05, 0.1) is 0 Å². The van der Waals surface area contributed by atoms with Crippen LogP contribution in [-0.2, 0) is 14.3 Å². The molecule has 86 valence electrons. The highest BCUT2D eigenvalue weighted by atomic mass is 16.5. The van der Waals surface area contributed by atoms with E-state index in [9.17, 15) is 9.59 Å². The van der Waals surface area contributed by atoms with Gasteiger partial charge in [-0.25, -0.2) is 4.79 Å². The summed E-state index contributed by atoms with van der Waals surface area (Å²) in [4.78, 5) is 22.0. The number of hydrogen-bond acceptors (Lipinski definition) is 3. The third-order valence-electron chi connectivity index (χ3n) is 1.79. The Labute approximate surface area is 90.7 Å². The molecule has 1 amide bonds. The largest absolute Gasteiger partial charge is 0.452 e. The fraction of sp³-hybridized carbons (Fsp3) is 0.636. The van der Waals surface area contributed by atoms with Gasteiger partial charge in [0, 0.05) is 12.1 Å². The normalized spacial score (nSPS) is 9.47. The van der Waals surface area contributed by atoms with Gasteiger partial charge in [0.15, 0.2) is 6.61 Å². The average Bonchev–Trinajstić information content (AvgIpc) is 2.20. The van der Waals surface area contributed by atoms with Gasteiger partial charge in [-0.05, 0) is 13.3 Å². The van der Waals surface area contributed by atoms with Gasteiger partial charge < -0.3 is 10.1 Å². The van der Waals surface area contributed by atoms with Crippen molar-refractivity contribution in [1.82, 2.24) is 5.32 Å². The molecule has 4 nitrogen and oxygen atoms in total. The first-order chi connectivity index (χ1) is 7.07. The van der Waals surface area contributed by atoms with Crippen LogP contribution in [-0.4, -0.2) is 25.0 Å². The first-order valence-electron chi connectivity index (χ1n) is 5.17. The van der Waals surface area contributed by atoms with Crippen LogP contribution in [0.3, 0.4) is 0 Å². The number of amides is 1. The summed E-state index contributed by atoms with van der Waals surface area (Å²) in [5.41, 5.74) is 0.300. The predicted molar refractivity (Wildman–Crippen MR) is 58.3 cm³/mol. The van der Waals surface area contributed by atoms with Gasteiger partial charge in [-0.1, -0.05) is 26.3 Å². The van der Waals surface area contributed by atoms with E-state index < -0.39 is 5.97 Å². The number of unbranched alkanes of at least 4 members (excludes halogenated alkanes) is 2. The predicted octanol–water partition coefficient (Wildman–Crippen LogP) is 1.41. The van der Waals surface area contributed by atoms with Crippen molar-refractivity contribution in [1.29, 1.82) is 0 Å². The van der Waals surface area contributed by atoms with E-state index in [2.05, 4.69) is 23.6 Å². The molecule has 0 bridgehead atoms. The molecule has 0 heterocycles. The van der Waals surface area contributed by atoms with Crippen LogP contribution in [0.5, 0.6) is 0 Å². The second-order valence-electron chi connectivity index (χ2n) is 3.41. The minimum atomic E-state index is -0.529. The maximum absolute atomic E-state index is 11.1. The molecule has 0 aliphatic rings. The molecule has 15 heavy (non-hydrogen) atoms. The maximum Gasteiger partial charge on any atom is 0.333 e. The van der Waals surface area contributed by atoms with Gasteiger partial charge in [0.25, 0.3) is 5.91 Å². The molecular weight excluding hydrogens is 194 g/mol. The molecule has 0 saturated carbocycles. The summed E-state index contributed by atoms with van der Waals surface area (Å²) in [5, 5.41) is 2.67. The van der Waals surface area contributed by atoms with Crippen LogP contribution in [0.1, 0.15) is 33.1 Å². The van der Waals surface area contributed by atoms with E-state index in [1.807, 2.05) is 0 Å². The molecule has 0 atom stereocenters. The molecule has 0 rings (SSSR count). The minimum absolute atomic E-state index is 0.224. The first-order valence-corrected chi connectivity index (χ1v) is 5.17. The average molecular weight is 213 g/mol. The van der Waals surface area contributed by atoms with Crippen LogP contribution in [0.2, 0.25) is 0 Å². The van der Waals surface area contributed by atoms with Crippen LogP contribution in [0.25, 0.3) is 0 Å². The van der Waals surface area contributed by atoms with Crippen LogP contribution in [0, 0.1) is 0 Å². The van der Waals surface area contributed by atoms with Crippen molar-refractivity contribution in [3.63, 3.8) is 0 Å². The molecule has 0 saturated heterocycles. The number of esters is 1. The molecule has 4 heteroatoms. The Morgan fingerprint density at radius 3 is 2.53 bits per heavy atom. The van der Waals surface area contributed by atoms with Crippen LogP contribution in [0.4, 0.5) is 0 Å². The Morgan fingerprint density at radius 2 is 2.00 bits per heavy atom. The summed E-state index contributed by atoms with van der Waals surface area (Å²) in [6, 6.07) is 0. The zero-order valence-electron chi connectivity index (χ0n) is 9.47. The second-order valence-corrected chi connectivity index (χ2v) is 3.41. The van der Waals surface area contributed by atoms with Crippen molar-refractivity contribution in [3.05, 3.63) is 12.2 Å². The van der Waals surface area contributed by atoms with Gasteiger partial charge in [-0.2, -0.15) is 0 Å². The van der Waals surface area contributed by atoms with Gasteiger partial charge in [-0.15, -0.1) is 0 Å². The lowest BCUT2D eigenvalue weighted by molar-refractivity contribution is -0.144. The molecule has 0 aliphatic carbocycles. The van der Waals surface area contributed by atoms with Crippen LogP contribution >= 0.6 is 0 Å². The lowest BCUT2D eigenvalue weighted by Gasteiger charge is -2.05.